The topological polar surface area (TPSA) is 68.2 Å². The molecule has 0 spiro atoms. The third-order valence-corrected chi connectivity index (χ3v) is 3.30. The number of carbonyl (C=O) groups is 1. The van der Waals surface area contributed by atoms with Crippen molar-refractivity contribution in [2.24, 2.45) is 12.8 Å². The van der Waals surface area contributed by atoms with Crippen LogP contribution in [-0.2, 0) is 18.3 Å². The first-order valence-corrected chi connectivity index (χ1v) is 6.00. The maximum Gasteiger partial charge on any atom is 0.320 e. The van der Waals surface area contributed by atoms with Crippen molar-refractivity contribution in [3.8, 4) is 0 Å². The zero-order valence-electron chi connectivity index (χ0n) is 10.3. The maximum atomic E-state index is 10.8. The molecule has 0 radical (unpaired) electrons. The van der Waals surface area contributed by atoms with Gasteiger partial charge in [-0.1, -0.05) is 11.6 Å². The molecule has 0 amide bonds. The van der Waals surface area contributed by atoms with Crippen LogP contribution in [0.15, 0.2) is 18.3 Å². The summed E-state index contributed by atoms with van der Waals surface area (Å²) in [5.74, 6) is -0.995. The van der Waals surface area contributed by atoms with Crippen LogP contribution >= 0.6 is 11.6 Å². The van der Waals surface area contributed by atoms with Crippen molar-refractivity contribution in [2.45, 2.75) is 19.4 Å². The van der Waals surface area contributed by atoms with Gasteiger partial charge in [-0.15, -0.1) is 0 Å². The molecule has 96 valence electrons. The lowest BCUT2D eigenvalue weighted by atomic mass is 10.0. The van der Waals surface area contributed by atoms with Gasteiger partial charge in [0.1, 0.15) is 6.04 Å². The fourth-order valence-corrected chi connectivity index (χ4v) is 2.60. The maximum absolute atomic E-state index is 10.8. The van der Waals surface area contributed by atoms with E-state index in [1.165, 1.54) is 0 Å². The van der Waals surface area contributed by atoms with Crippen LogP contribution in [0.4, 0.5) is 0 Å². The van der Waals surface area contributed by atoms with Crippen molar-refractivity contribution in [3.63, 3.8) is 0 Å². The van der Waals surface area contributed by atoms with Crippen LogP contribution < -0.4 is 5.73 Å². The Morgan fingerprint density at radius 1 is 1.56 bits per heavy atom. The zero-order valence-corrected chi connectivity index (χ0v) is 11.0. The number of aryl methyl sites for hydroxylation is 2. The second kappa shape index (κ2) is 4.63. The molecule has 2 aromatic rings. The quantitative estimate of drug-likeness (QED) is 0.894. The van der Waals surface area contributed by atoms with Crippen molar-refractivity contribution < 1.29 is 9.90 Å². The number of aromatic nitrogens is 1. The molecule has 0 bridgehead atoms. The molecular weight excluding hydrogens is 252 g/mol. The van der Waals surface area contributed by atoms with E-state index < -0.39 is 12.0 Å². The van der Waals surface area contributed by atoms with Gasteiger partial charge in [0, 0.05) is 25.1 Å². The molecule has 0 fully saturated rings. The third-order valence-electron chi connectivity index (χ3n) is 3.01. The van der Waals surface area contributed by atoms with E-state index in [0.717, 1.165) is 22.0 Å². The molecule has 0 aliphatic rings. The van der Waals surface area contributed by atoms with E-state index in [1.807, 2.05) is 36.9 Å². The molecule has 5 heteroatoms. The number of carboxylic acid groups (broad SMARTS) is 1. The summed E-state index contributed by atoms with van der Waals surface area (Å²) in [5.41, 5.74) is 8.45. The fraction of sp³-hybridized carbons (Fsp3) is 0.308. The van der Waals surface area contributed by atoms with Crippen LogP contribution in [0, 0.1) is 6.92 Å². The molecule has 2 rings (SSSR count). The SMILES string of the molecule is Cc1cc(Cl)c2c(c1)c(CC(N)C(=O)O)cn2C. The molecule has 18 heavy (non-hydrogen) atoms. The molecule has 0 saturated heterocycles. The number of hydrogen-bond acceptors (Lipinski definition) is 2. The molecule has 1 aromatic carbocycles. The monoisotopic (exact) mass is 266 g/mol. The summed E-state index contributed by atoms with van der Waals surface area (Å²) in [5, 5.41) is 10.5. The second-order valence-electron chi connectivity index (χ2n) is 4.56. The van der Waals surface area contributed by atoms with E-state index >= 15 is 0 Å². The number of hydrogen-bond donors (Lipinski definition) is 2. The lowest BCUT2D eigenvalue weighted by Gasteiger charge is -2.05. The molecule has 1 aromatic heterocycles. The zero-order chi connectivity index (χ0) is 13.4. The standard InChI is InChI=1S/C13H15ClN2O2/c1-7-3-9-8(5-11(15)13(17)18)6-16(2)12(9)10(14)4-7/h3-4,6,11H,5,15H2,1-2H3,(H,17,18). The summed E-state index contributed by atoms with van der Waals surface area (Å²) in [4.78, 5) is 10.8. The first-order chi connectivity index (χ1) is 8.40. The van der Waals surface area contributed by atoms with E-state index in [-0.39, 0.29) is 0 Å². The molecule has 0 aliphatic carbocycles. The normalized spacial score (nSPS) is 12.9. The number of aliphatic carboxylic acids is 1. The summed E-state index contributed by atoms with van der Waals surface area (Å²) in [6.07, 6.45) is 2.19. The third kappa shape index (κ3) is 2.21. The predicted octanol–water partition coefficient (Wildman–Crippen LogP) is 2.09. The Morgan fingerprint density at radius 3 is 2.83 bits per heavy atom. The number of rotatable bonds is 3. The minimum absolute atomic E-state index is 0.298. The van der Waals surface area contributed by atoms with Crippen LogP contribution in [0.25, 0.3) is 10.9 Å². The molecule has 1 unspecified atom stereocenters. The molecule has 1 atom stereocenters. The largest absolute Gasteiger partial charge is 0.480 e. The average Bonchev–Trinajstić information content (AvgIpc) is 2.55. The molecule has 1 heterocycles. The Balaban J connectivity index is 2.55. The molecule has 0 aliphatic heterocycles. The van der Waals surface area contributed by atoms with Gasteiger partial charge in [0.05, 0.1) is 10.5 Å². The van der Waals surface area contributed by atoms with Gasteiger partial charge in [-0.2, -0.15) is 0 Å². The van der Waals surface area contributed by atoms with E-state index in [4.69, 9.17) is 22.4 Å². The van der Waals surface area contributed by atoms with Gasteiger partial charge >= 0.3 is 5.97 Å². The highest BCUT2D eigenvalue weighted by atomic mass is 35.5. The van der Waals surface area contributed by atoms with Gasteiger partial charge in [0.15, 0.2) is 0 Å². The summed E-state index contributed by atoms with van der Waals surface area (Å²) >= 11 is 6.21. The van der Waals surface area contributed by atoms with E-state index in [0.29, 0.717) is 11.4 Å². The highest BCUT2D eigenvalue weighted by molar-refractivity contribution is 6.35. The van der Waals surface area contributed by atoms with E-state index in [2.05, 4.69) is 0 Å². The molecular formula is C13H15ClN2O2. The lowest BCUT2D eigenvalue weighted by molar-refractivity contribution is -0.138. The minimum atomic E-state index is -0.995. The molecule has 3 N–H and O–H groups in total. The highest BCUT2D eigenvalue weighted by Crippen LogP contribution is 2.29. The first-order valence-electron chi connectivity index (χ1n) is 5.62. The number of benzene rings is 1. The van der Waals surface area contributed by atoms with E-state index in [9.17, 15) is 4.79 Å². The number of nitrogens with two attached hydrogens (primary N) is 1. The van der Waals surface area contributed by atoms with Crippen molar-refractivity contribution in [1.82, 2.24) is 4.57 Å². The van der Waals surface area contributed by atoms with Gasteiger partial charge < -0.3 is 15.4 Å². The first kappa shape index (κ1) is 12.9. The van der Waals surface area contributed by atoms with Gasteiger partial charge in [0.25, 0.3) is 0 Å². The van der Waals surface area contributed by atoms with Crippen molar-refractivity contribution in [1.29, 1.82) is 0 Å². The lowest BCUT2D eigenvalue weighted by Crippen LogP contribution is -2.32. The highest BCUT2D eigenvalue weighted by Gasteiger charge is 2.17. The van der Waals surface area contributed by atoms with Gasteiger partial charge in [-0.05, 0) is 30.2 Å². The number of carboxylic acids is 1. The summed E-state index contributed by atoms with van der Waals surface area (Å²) in [7, 11) is 1.89. The minimum Gasteiger partial charge on any atom is -0.480 e. The van der Waals surface area contributed by atoms with Gasteiger partial charge in [0.2, 0.25) is 0 Å². The Hall–Kier alpha value is -1.52. The summed E-state index contributed by atoms with van der Waals surface area (Å²) in [6, 6.07) is 3.01. The summed E-state index contributed by atoms with van der Waals surface area (Å²) in [6.45, 7) is 1.96. The van der Waals surface area contributed by atoms with Crippen LogP contribution in [-0.4, -0.2) is 21.7 Å². The Morgan fingerprint density at radius 2 is 2.22 bits per heavy atom. The van der Waals surface area contributed by atoms with Crippen LogP contribution in [0.3, 0.4) is 0 Å². The van der Waals surface area contributed by atoms with Gasteiger partial charge in [-0.3, -0.25) is 4.79 Å². The number of fused-ring (bicyclic) bond motifs is 1. The Bertz CT molecular complexity index is 619. The Kier molecular flexibility index (Phi) is 3.32. The van der Waals surface area contributed by atoms with Gasteiger partial charge in [-0.25, -0.2) is 0 Å². The van der Waals surface area contributed by atoms with Crippen LogP contribution in [0.2, 0.25) is 5.02 Å². The number of halogens is 1. The summed E-state index contributed by atoms with van der Waals surface area (Å²) < 4.78 is 1.90. The van der Waals surface area contributed by atoms with E-state index in [1.54, 1.807) is 0 Å². The molecule has 0 saturated carbocycles. The number of nitrogens with zero attached hydrogens (tertiary/aromatic N) is 1. The fourth-order valence-electron chi connectivity index (χ4n) is 2.19. The van der Waals surface area contributed by atoms with Crippen LogP contribution in [0.1, 0.15) is 11.1 Å². The Labute approximate surface area is 110 Å². The second-order valence-corrected chi connectivity index (χ2v) is 4.96. The van der Waals surface area contributed by atoms with Crippen LogP contribution in [0.5, 0.6) is 0 Å². The smallest absolute Gasteiger partial charge is 0.320 e. The van der Waals surface area contributed by atoms with Crippen molar-refractivity contribution in [3.05, 3.63) is 34.5 Å². The van der Waals surface area contributed by atoms with Crippen molar-refractivity contribution >= 4 is 28.5 Å². The van der Waals surface area contributed by atoms with Crippen molar-refractivity contribution in [2.75, 3.05) is 0 Å². The average molecular weight is 267 g/mol. The predicted molar refractivity (Wildman–Crippen MR) is 72.0 cm³/mol. The molecule has 4 nitrogen and oxygen atoms in total.